The Morgan fingerprint density at radius 2 is 1.80 bits per heavy atom. The van der Waals surface area contributed by atoms with Crippen molar-refractivity contribution >= 4 is 22.6 Å². The summed E-state index contributed by atoms with van der Waals surface area (Å²) in [4.78, 5) is 12.7. The van der Waals surface area contributed by atoms with Crippen LogP contribution in [0.4, 0.5) is 5.69 Å². The van der Waals surface area contributed by atoms with Crippen molar-refractivity contribution in [2.45, 2.75) is 25.0 Å². The first-order valence-corrected chi connectivity index (χ1v) is 8.69. The first-order valence-electron chi connectivity index (χ1n) is 8.69. The molecule has 3 atom stereocenters. The van der Waals surface area contributed by atoms with Crippen molar-refractivity contribution in [3.63, 3.8) is 0 Å². The number of carbonyl (C=O) groups excluding carboxylic acids is 1. The lowest BCUT2D eigenvalue weighted by Crippen LogP contribution is -2.49. The number of hydrazine groups is 1. The monoisotopic (exact) mass is 333 g/mol. The van der Waals surface area contributed by atoms with Gasteiger partial charge in [0.05, 0.1) is 23.8 Å². The second-order valence-corrected chi connectivity index (χ2v) is 6.71. The van der Waals surface area contributed by atoms with Crippen LogP contribution in [-0.4, -0.2) is 12.1 Å². The Balaban J connectivity index is 1.38. The fourth-order valence-electron chi connectivity index (χ4n) is 3.87. The average molecular weight is 333 g/mol. The molecule has 2 saturated heterocycles. The van der Waals surface area contributed by atoms with Crippen molar-refractivity contribution in [1.29, 1.82) is 0 Å². The van der Waals surface area contributed by atoms with Crippen molar-refractivity contribution in [1.82, 2.24) is 10.7 Å². The molecule has 126 valence electrons. The maximum Gasteiger partial charge on any atom is 0.247 e. The third kappa shape index (κ3) is 2.44. The van der Waals surface area contributed by atoms with Gasteiger partial charge in [-0.25, -0.2) is 10.4 Å². The van der Waals surface area contributed by atoms with E-state index in [2.05, 4.69) is 22.9 Å². The molecule has 0 spiro atoms. The number of nitrogens with zero attached hydrogens (tertiary/aromatic N) is 1. The Bertz CT molecular complexity index is 888. The van der Waals surface area contributed by atoms with Gasteiger partial charge >= 0.3 is 0 Å². The minimum atomic E-state index is -0.0698. The van der Waals surface area contributed by atoms with Gasteiger partial charge in [0.15, 0.2) is 0 Å². The van der Waals surface area contributed by atoms with Gasteiger partial charge in [-0.15, -0.1) is 0 Å². The number of para-hydroxylation sites is 2. The molecular weight excluding hydrogens is 314 g/mol. The number of nitrogens with one attached hydrogen (secondary N) is 2. The smallest absolute Gasteiger partial charge is 0.247 e. The zero-order chi connectivity index (χ0) is 16.8. The van der Waals surface area contributed by atoms with Crippen molar-refractivity contribution in [2.24, 2.45) is 5.92 Å². The van der Waals surface area contributed by atoms with Crippen LogP contribution < -0.4 is 15.8 Å². The number of carbonyl (C=O) groups is 1. The Hall–Kier alpha value is -2.63. The van der Waals surface area contributed by atoms with Crippen LogP contribution in [0.5, 0.6) is 0 Å². The van der Waals surface area contributed by atoms with Crippen LogP contribution in [0.15, 0.2) is 65.1 Å². The number of fused-ring (bicyclic) bond motifs is 2. The second-order valence-electron chi connectivity index (χ2n) is 6.71. The molecule has 2 aliphatic heterocycles. The molecule has 25 heavy (non-hydrogen) atoms. The highest BCUT2D eigenvalue weighted by atomic mass is 16.3. The van der Waals surface area contributed by atoms with Crippen LogP contribution in [0.3, 0.4) is 0 Å². The van der Waals surface area contributed by atoms with E-state index >= 15 is 0 Å². The molecule has 0 radical (unpaired) electrons. The lowest BCUT2D eigenvalue weighted by atomic mass is 9.91. The molecule has 5 nitrogen and oxygen atoms in total. The van der Waals surface area contributed by atoms with Crippen LogP contribution in [0, 0.1) is 5.92 Å². The highest BCUT2D eigenvalue weighted by Crippen LogP contribution is 2.35. The molecule has 3 aromatic rings. The molecule has 5 rings (SSSR count). The number of piperidine rings is 1. The summed E-state index contributed by atoms with van der Waals surface area (Å²) in [7, 11) is 0. The van der Waals surface area contributed by atoms with Crippen molar-refractivity contribution in [2.75, 3.05) is 5.01 Å². The van der Waals surface area contributed by atoms with Crippen LogP contribution in [-0.2, 0) is 4.79 Å². The fourth-order valence-corrected chi connectivity index (χ4v) is 3.87. The van der Waals surface area contributed by atoms with E-state index in [9.17, 15) is 4.79 Å². The highest BCUT2D eigenvalue weighted by Gasteiger charge is 2.44. The van der Waals surface area contributed by atoms with Gasteiger partial charge in [0.1, 0.15) is 11.3 Å². The highest BCUT2D eigenvalue weighted by molar-refractivity contribution is 5.96. The van der Waals surface area contributed by atoms with Crippen LogP contribution >= 0.6 is 0 Å². The summed E-state index contributed by atoms with van der Waals surface area (Å²) in [5.41, 5.74) is 5.11. The first kappa shape index (κ1) is 14.7. The summed E-state index contributed by atoms with van der Waals surface area (Å²) in [6, 6.07) is 20.0. The lowest BCUT2D eigenvalue weighted by Gasteiger charge is -2.30. The Morgan fingerprint density at radius 3 is 2.64 bits per heavy atom. The summed E-state index contributed by atoms with van der Waals surface area (Å²) in [5.74, 6) is 1.03. The maximum atomic E-state index is 12.7. The molecule has 2 aliphatic rings. The van der Waals surface area contributed by atoms with E-state index in [4.69, 9.17) is 4.42 Å². The topological polar surface area (TPSA) is 57.5 Å². The van der Waals surface area contributed by atoms with E-state index in [1.54, 1.807) is 5.01 Å². The van der Waals surface area contributed by atoms with Gasteiger partial charge < -0.3 is 4.42 Å². The normalized spacial score (nSPS) is 26.2. The van der Waals surface area contributed by atoms with E-state index < -0.39 is 0 Å². The molecule has 0 saturated carbocycles. The molecular formula is C20H19N3O2. The maximum absolute atomic E-state index is 12.7. The molecule has 3 unspecified atom stereocenters. The molecule has 0 bridgehead atoms. The van der Waals surface area contributed by atoms with Crippen molar-refractivity contribution in [3.8, 4) is 0 Å². The van der Waals surface area contributed by atoms with E-state index in [1.165, 1.54) is 0 Å². The van der Waals surface area contributed by atoms with Crippen molar-refractivity contribution in [3.05, 3.63) is 66.4 Å². The number of benzene rings is 2. The molecule has 1 amide bonds. The van der Waals surface area contributed by atoms with Gasteiger partial charge in [0, 0.05) is 5.39 Å². The molecule has 2 N–H and O–H groups in total. The predicted octanol–water partition coefficient (Wildman–Crippen LogP) is 3.35. The number of rotatable bonds is 2. The van der Waals surface area contributed by atoms with E-state index in [0.717, 1.165) is 35.3 Å². The molecule has 5 heteroatoms. The number of anilines is 1. The average Bonchev–Trinajstić information content (AvgIpc) is 3.23. The third-order valence-corrected chi connectivity index (χ3v) is 5.16. The molecule has 2 fully saturated rings. The standard InChI is InChI=1S/C20H19N3O2/c24-20-15-10-11-16(18-12-13-6-4-5-9-17(13)25-18)21-19(15)22-23(20)14-7-2-1-3-8-14/h1-9,12,15-16,19,21-22H,10-11H2. The van der Waals surface area contributed by atoms with Crippen LogP contribution in [0.25, 0.3) is 11.0 Å². The van der Waals surface area contributed by atoms with Gasteiger partial charge in [-0.05, 0) is 37.1 Å². The van der Waals surface area contributed by atoms with E-state index in [-0.39, 0.29) is 24.0 Å². The van der Waals surface area contributed by atoms with E-state index in [0.29, 0.717) is 0 Å². The number of amides is 1. The predicted molar refractivity (Wildman–Crippen MR) is 95.7 cm³/mol. The number of hydrogen-bond acceptors (Lipinski definition) is 4. The van der Waals surface area contributed by atoms with Gasteiger partial charge in [-0.3, -0.25) is 10.1 Å². The summed E-state index contributed by atoms with van der Waals surface area (Å²) in [6.07, 6.45) is 1.66. The van der Waals surface area contributed by atoms with E-state index in [1.807, 2.05) is 48.5 Å². The van der Waals surface area contributed by atoms with Crippen molar-refractivity contribution < 1.29 is 9.21 Å². The summed E-state index contributed by atoms with van der Waals surface area (Å²) >= 11 is 0. The summed E-state index contributed by atoms with van der Waals surface area (Å²) < 4.78 is 6.01. The van der Waals surface area contributed by atoms with Gasteiger partial charge in [-0.2, -0.15) is 0 Å². The second kappa shape index (κ2) is 5.72. The first-order chi connectivity index (χ1) is 12.3. The molecule has 3 heterocycles. The van der Waals surface area contributed by atoms with Crippen LogP contribution in [0.2, 0.25) is 0 Å². The van der Waals surface area contributed by atoms with Gasteiger partial charge in [-0.1, -0.05) is 36.4 Å². The minimum absolute atomic E-state index is 0.0409. The summed E-state index contributed by atoms with van der Waals surface area (Å²) in [5, 5.41) is 6.34. The zero-order valence-corrected chi connectivity index (χ0v) is 13.7. The largest absolute Gasteiger partial charge is 0.459 e. The van der Waals surface area contributed by atoms with Gasteiger partial charge in [0.25, 0.3) is 0 Å². The number of hydrogen-bond donors (Lipinski definition) is 2. The quantitative estimate of drug-likeness (QED) is 0.755. The summed E-state index contributed by atoms with van der Waals surface area (Å²) in [6.45, 7) is 0. The molecule has 2 aromatic carbocycles. The zero-order valence-electron chi connectivity index (χ0n) is 13.7. The fraction of sp³-hybridized carbons (Fsp3) is 0.250. The molecule has 1 aromatic heterocycles. The Kier molecular flexibility index (Phi) is 3.36. The molecule has 0 aliphatic carbocycles. The van der Waals surface area contributed by atoms with Crippen LogP contribution in [0.1, 0.15) is 24.6 Å². The van der Waals surface area contributed by atoms with Gasteiger partial charge in [0.2, 0.25) is 5.91 Å². The SMILES string of the molecule is O=C1C2CCC(c3cc4ccccc4o3)NC2NN1c1ccccc1. The Labute approximate surface area is 145 Å². The number of furan rings is 1. The minimum Gasteiger partial charge on any atom is -0.459 e. The Morgan fingerprint density at radius 1 is 1.00 bits per heavy atom. The lowest BCUT2D eigenvalue weighted by molar-refractivity contribution is -0.121. The third-order valence-electron chi connectivity index (χ3n) is 5.16.